The molecule has 0 aromatic heterocycles. The molecule has 1 spiro atoms. The first-order valence-corrected chi connectivity index (χ1v) is 8.75. The Morgan fingerprint density at radius 2 is 2.00 bits per heavy atom. The van der Waals surface area contributed by atoms with Crippen LogP contribution in [0.15, 0.2) is 23.8 Å². The molecule has 4 rings (SSSR count). The van der Waals surface area contributed by atoms with Gasteiger partial charge in [-0.2, -0.15) is 0 Å². The molecule has 5 nitrogen and oxygen atoms in total. The number of aliphatic carboxylic acids is 2. The molecule has 5 heteroatoms. The van der Waals surface area contributed by atoms with Crippen molar-refractivity contribution in [2.75, 3.05) is 0 Å². The number of aliphatic hydroxyl groups is 1. The third kappa shape index (κ3) is 1.64. The van der Waals surface area contributed by atoms with Gasteiger partial charge in [0, 0.05) is 5.92 Å². The summed E-state index contributed by atoms with van der Waals surface area (Å²) in [6.07, 6.45) is 4.57. The first-order chi connectivity index (χ1) is 11.2. The summed E-state index contributed by atoms with van der Waals surface area (Å²) in [6.45, 7) is 5.70. The van der Waals surface area contributed by atoms with Crippen LogP contribution in [-0.4, -0.2) is 33.4 Å². The smallest absolute Gasteiger partial charge is 0.312 e. The van der Waals surface area contributed by atoms with Gasteiger partial charge in [0.25, 0.3) is 0 Å². The van der Waals surface area contributed by atoms with Crippen LogP contribution in [-0.2, 0) is 9.59 Å². The summed E-state index contributed by atoms with van der Waals surface area (Å²) >= 11 is 0. The van der Waals surface area contributed by atoms with Crippen LogP contribution < -0.4 is 0 Å². The second-order valence-corrected chi connectivity index (χ2v) is 8.44. The van der Waals surface area contributed by atoms with Crippen LogP contribution in [0.25, 0.3) is 0 Å². The summed E-state index contributed by atoms with van der Waals surface area (Å²) in [6, 6.07) is 0. The zero-order chi connectivity index (χ0) is 17.4. The van der Waals surface area contributed by atoms with Gasteiger partial charge in [0.1, 0.15) is 0 Å². The van der Waals surface area contributed by atoms with E-state index in [1.54, 1.807) is 0 Å². The van der Waals surface area contributed by atoms with Crippen molar-refractivity contribution >= 4 is 11.9 Å². The van der Waals surface area contributed by atoms with Crippen molar-refractivity contribution in [1.82, 2.24) is 0 Å². The summed E-state index contributed by atoms with van der Waals surface area (Å²) < 4.78 is 0. The van der Waals surface area contributed by atoms with E-state index in [9.17, 15) is 24.9 Å². The topological polar surface area (TPSA) is 94.8 Å². The van der Waals surface area contributed by atoms with Crippen molar-refractivity contribution < 1.29 is 24.9 Å². The van der Waals surface area contributed by atoms with Crippen molar-refractivity contribution in [3.8, 4) is 0 Å². The standard InChI is InChI=1S/C19H24O5/c1-9-7-19-8-10(9)3-5-12(19)11-4-6-13(20)18(2,17(23)24)14(11)15(19)16(21)22/h4,10,12-15,20H,1,3,5-8H2,2H3,(H,21,22)(H,23,24)/t10-,12+,13-,14-,15-,18-,19+/m1/s1. The van der Waals surface area contributed by atoms with Gasteiger partial charge >= 0.3 is 11.9 Å². The molecule has 0 radical (unpaired) electrons. The quantitative estimate of drug-likeness (QED) is 0.675. The Morgan fingerprint density at radius 1 is 1.29 bits per heavy atom. The fourth-order valence-electron chi connectivity index (χ4n) is 6.49. The van der Waals surface area contributed by atoms with Gasteiger partial charge in [-0.15, -0.1) is 0 Å². The SMILES string of the molecule is C=C1C[C@]23C[C@H]1CC[C@H]2C1=CC[C@@H](O)[C@@](C)(C(=O)O)[C@H]1[C@@H]3C(=O)O. The Labute approximate surface area is 141 Å². The molecule has 0 amide bonds. The summed E-state index contributed by atoms with van der Waals surface area (Å²) in [5, 5.41) is 30.4. The van der Waals surface area contributed by atoms with Crippen LogP contribution >= 0.6 is 0 Å². The molecule has 0 heterocycles. The summed E-state index contributed by atoms with van der Waals surface area (Å²) in [4.78, 5) is 24.4. The number of hydrogen-bond acceptors (Lipinski definition) is 3. The molecule has 7 atom stereocenters. The molecule has 3 saturated carbocycles. The molecule has 3 N–H and O–H groups in total. The van der Waals surface area contributed by atoms with Gasteiger partial charge in [-0.1, -0.05) is 23.8 Å². The minimum atomic E-state index is -1.45. The molecule has 0 aromatic rings. The maximum atomic E-state index is 12.3. The minimum Gasteiger partial charge on any atom is -0.481 e. The van der Waals surface area contributed by atoms with Crippen LogP contribution in [0.3, 0.4) is 0 Å². The van der Waals surface area contributed by atoms with E-state index in [0.717, 1.165) is 30.4 Å². The molecular formula is C19H24O5. The van der Waals surface area contributed by atoms with Crippen LogP contribution in [0.4, 0.5) is 0 Å². The second kappa shape index (κ2) is 4.72. The molecule has 0 unspecified atom stereocenters. The average molecular weight is 332 g/mol. The molecule has 130 valence electrons. The number of carboxylic acid groups (broad SMARTS) is 2. The van der Waals surface area contributed by atoms with E-state index in [1.807, 2.05) is 6.08 Å². The molecule has 24 heavy (non-hydrogen) atoms. The highest BCUT2D eigenvalue weighted by Gasteiger charge is 2.70. The largest absolute Gasteiger partial charge is 0.481 e. The van der Waals surface area contributed by atoms with Crippen molar-refractivity contribution in [2.24, 2.45) is 34.5 Å². The monoisotopic (exact) mass is 332 g/mol. The Bertz CT molecular complexity index is 679. The number of carbonyl (C=O) groups is 2. The van der Waals surface area contributed by atoms with Crippen LogP contribution in [0.2, 0.25) is 0 Å². The molecular weight excluding hydrogens is 308 g/mol. The molecule has 0 aliphatic heterocycles. The Hall–Kier alpha value is -1.62. The van der Waals surface area contributed by atoms with Gasteiger partial charge in [0.2, 0.25) is 0 Å². The molecule has 2 bridgehead atoms. The normalized spacial score (nSPS) is 49.3. The van der Waals surface area contributed by atoms with Gasteiger partial charge in [-0.3, -0.25) is 9.59 Å². The number of rotatable bonds is 2. The zero-order valence-corrected chi connectivity index (χ0v) is 13.9. The second-order valence-electron chi connectivity index (χ2n) is 8.44. The van der Waals surface area contributed by atoms with E-state index in [1.165, 1.54) is 6.92 Å². The lowest BCUT2D eigenvalue weighted by molar-refractivity contribution is -0.166. The molecule has 4 aliphatic rings. The van der Waals surface area contributed by atoms with Crippen molar-refractivity contribution in [3.05, 3.63) is 23.8 Å². The lowest BCUT2D eigenvalue weighted by atomic mass is 9.60. The zero-order valence-electron chi connectivity index (χ0n) is 13.9. The van der Waals surface area contributed by atoms with Gasteiger partial charge in [-0.05, 0) is 56.3 Å². The van der Waals surface area contributed by atoms with Gasteiger partial charge in [0.05, 0.1) is 17.4 Å². The van der Waals surface area contributed by atoms with Gasteiger partial charge < -0.3 is 15.3 Å². The Kier molecular flexibility index (Phi) is 3.12. The predicted octanol–water partition coefficient (Wildman–Crippen LogP) is 2.46. The van der Waals surface area contributed by atoms with Crippen molar-refractivity contribution in [3.63, 3.8) is 0 Å². The number of allylic oxidation sites excluding steroid dienone is 2. The van der Waals surface area contributed by atoms with Gasteiger partial charge in [-0.25, -0.2) is 0 Å². The molecule has 3 fully saturated rings. The predicted molar refractivity (Wildman–Crippen MR) is 86.1 cm³/mol. The third-order valence-electron chi connectivity index (χ3n) is 7.61. The van der Waals surface area contributed by atoms with Gasteiger partial charge in [0.15, 0.2) is 0 Å². The van der Waals surface area contributed by atoms with E-state index in [2.05, 4.69) is 6.58 Å². The summed E-state index contributed by atoms with van der Waals surface area (Å²) in [5.41, 5.74) is 0.244. The lowest BCUT2D eigenvalue weighted by Gasteiger charge is -2.42. The molecule has 4 aliphatic carbocycles. The van der Waals surface area contributed by atoms with Crippen LogP contribution in [0, 0.1) is 34.5 Å². The highest BCUT2D eigenvalue weighted by Crippen LogP contribution is 2.72. The number of hydrogen-bond donors (Lipinski definition) is 3. The van der Waals surface area contributed by atoms with E-state index in [0.29, 0.717) is 12.3 Å². The number of carboxylic acids is 2. The fraction of sp³-hybridized carbons (Fsp3) is 0.684. The highest BCUT2D eigenvalue weighted by molar-refractivity contribution is 5.81. The summed E-state index contributed by atoms with van der Waals surface area (Å²) in [7, 11) is 0. The van der Waals surface area contributed by atoms with Crippen molar-refractivity contribution in [1.29, 1.82) is 0 Å². The molecule has 0 saturated heterocycles. The van der Waals surface area contributed by atoms with Crippen molar-refractivity contribution in [2.45, 2.75) is 45.1 Å². The van der Waals surface area contributed by atoms with E-state index < -0.39 is 40.7 Å². The van der Waals surface area contributed by atoms with E-state index in [4.69, 9.17) is 0 Å². The summed E-state index contributed by atoms with van der Waals surface area (Å²) in [5.74, 6) is -2.93. The Balaban J connectivity index is 1.92. The minimum absolute atomic E-state index is 0.116. The fourth-order valence-corrected chi connectivity index (χ4v) is 6.49. The number of fused-ring (bicyclic) bond motifs is 3. The van der Waals surface area contributed by atoms with Crippen LogP contribution in [0.1, 0.15) is 39.0 Å². The lowest BCUT2D eigenvalue weighted by Crippen LogP contribution is -2.52. The first-order valence-electron chi connectivity index (χ1n) is 8.75. The maximum Gasteiger partial charge on any atom is 0.312 e. The first kappa shape index (κ1) is 15.9. The number of aliphatic hydroxyl groups excluding tert-OH is 1. The van der Waals surface area contributed by atoms with E-state index >= 15 is 0 Å². The van der Waals surface area contributed by atoms with Crippen LogP contribution in [0.5, 0.6) is 0 Å². The maximum absolute atomic E-state index is 12.3. The molecule has 0 aromatic carbocycles. The Morgan fingerprint density at radius 3 is 2.62 bits per heavy atom. The van der Waals surface area contributed by atoms with E-state index in [-0.39, 0.29) is 12.3 Å². The third-order valence-corrected chi connectivity index (χ3v) is 7.61. The highest BCUT2D eigenvalue weighted by atomic mass is 16.4. The average Bonchev–Trinajstić information content (AvgIpc) is 2.94.